The zero-order valence-corrected chi connectivity index (χ0v) is 20.5. The van der Waals surface area contributed by atoms with Gasteiger partial charge in [-0.15, -0.1) is 0 Å². The van der Waals surface area contributed by atoms with E-state index in [1.165, 1.54) is 18.2 Å². The first-order chi connectivity index (χ1) is 15.8. The van der Waals surface area contributed by atoms with Crippen LogP contribution in [0.25, 0.3) is 0 Å². The van der Waals surface area contributed by atoms with Gasteiger partial charge in [0.25, 0.3) is 0 Å². The van der Waals surface area contributed by atoms with Crippen LogP contribution in [0.15, 0.2) is 42.5 Å². The number of hydrogen-bond acceptors (Lipinski definition) is 11. The van der Waals surface area contributed by atoms with Gasteiger partial charge in [0.2, 0.25) is 0 Å². The van der Waals surface area contributed by atoms with Crippen LogP contribution in [0, 0.1) is 5.92 Å². The van der Waals surface area contributed by atoms with Crippen molar-refractivity contribution in [2.75, 3.05) is 17.1 Å². The summed E-state index contributed by atoms with van der Waals surface area (Å²) >= 11 is 0. The lowest BCUT2D eigenvalue weighted by Gasteiger charge is -2.37. The molecule has 0 radical (unpaired) electrons. The predicted molar refractivity (Wildman–Crippen MR) is 129 cm³/mol. The lowest BCUT2D eigenvalue weighted by Crippen LogP contribution is -2.39. The number of nitrogens with one attached hydrogen (secondary N) is 1. The number of para-hydroxylation sites is 1. The summed E-state index contributed by atoms with van der Waals surface area (Å²) < 4.78 is 57.9. The Bertz CT molecular complexity index is 1160. The van der Waals surface area contributed by atoms with Gasteiger partial charge in [-0.1, -0.05) is 49.1 Å². The maximum absolute atomic E-state index is 12.6. The molecule has 1 aliphatic rings. The Hall–Kier alpha value is -2.39. The Morgan fingerprint density at radius 3 is 2.50 bits per heavy atom. The van der Waals surface area contributed by atoms with Crippen molar-refractivity contribution < 1.29 is 36.3 Å². The summed E-state index contributed by atoms with van der Waals surface area (Å²) in [6.45, 7) is 3.37. The molecule has 0 amide bonds. The van der Waals surface area contributed by atoms with E-state index in [1.807, 2.05) is 0 Å². The van der Waals surface area contributed by atoms with Crippen molar-refractivity contribution in [2.45, 2.75) is 32.5 Å². The summed E-state index contributed by atoms with van der Waals surface area (Å²) in [5.41, 5.74) is 7.28. The van der Waals surface area contributed by atoms with Gasteiger partial charge in [0, 0.05) is 12.0 Å². The Morgan fingerprint density at radius 1 is 1.24 bits per heavy atom. The highest BCUT2D eigenvalue weighted by Crippen LogP contribution is 2.50. The number of nitrogens with two attached hydrogens (primary N) is 1. The molecule has 2 atom stereocenters. The van der Waals surface area contributed by atoms with Crippen LogP contribution in [-0.4, -0.2) is 53.7 Å². The Labute approximate surface area is 200 Å². The van der Waals surface area contributed by atoms with E-state index < -0.39 is 39.3 Å². The first-order valence-electron chi connectivity index (χ1n) is 10.4. The number of β-amino-alcohol motifs (C(OH)–C–C–N with tert-alkyl or cyclic N) is 1. The molecule has 3 rings (SSSR count). The number of nitrogens with zero attached hydrogens (tertiary/aromatic N) is 1. The van der Waals surface area contributed by atoms with Gasteiger partial charge in [-0.25, -0.2) is 4.79 Å². The van der Waals surface area contributed by atoms with Gasteiger partial charge in [-0.2, -0.15) is 13.1 Å². The van der Waals surface area contributed by atoms with Crippen LogP contribution in [-0.2, 0) is 21.3 Å². The first kappa shape index (κ1) is 26.2. The normalized spacial score (nSPS) is 19.6. The largest absolute Gasteiger partial charge is 0.423 e. The highest BCUT2D eigenvalue weighted by Gasteiger charge is 2.37. The number of hydrogen-bond donors (Lipinski definition) is 5. The molecule has 0 saturated carbocycles. The van der Waals surface area contributed by atoms with E-state index in [0.29, 0.717) is 11.1 Å². The first-order valence-corrected chi connectivity index (χ1v) is 13.7. The lowest BCUT2D eigenvalue weighted by molar-refractivity contribution is -0.136. The molecule has 2 unspecified atom stereocenters. The van der Waals surface area contributed by atoms with Crippen molar-refractivity contribution in [1.82, 2.24) is 4.72 Å². The van der Waals surface area contributed by atoms with Crippen LogP contribution in [0.3, 0.4) is 0 Å². The fraction of sp³-hybridized carbons (Fsp3) is 0.381. The highest BCUT2D eigenvalue weighted by atomic mass is 32.3. The second-order valence-electron chi connectivity index (χ2n) is 8.28. The van der Waals surface area contributed by atoms with Gasteiger partial charge in [0.05, 0.1) is 12.8 Å². The van der Waals surface area contributed by atoms with Crippen LogP contribution in [0.2, 0.25) is 0 Å². The second-order valence-corrected chi connectivity index (χ2v) is 11.6. The lowest BCUT2D eigenvalue weighted by atomic mass is 10.0. The third-order valence-electron chi connectivity index (χ3n) is 5.04. The number of anilines is 1. The van der Waals surface area contributed by atoms with Crippen molar-refractivity contribution in [1.29, 1.82) is 0 Å². The molecule has 1 heterocycles. The predicted octanol–water partition coefficient (Wildman–Crippen LogP) is 1.81. The van der Waals surface area contributed by atoms with E-state index in [1.54, 1.807) is 38.1 Å². The van der Waals surface area contributed by atoms with Crippen LogP contribution in [0.1, 0.15) is 25.0 Å². The fourth-order valence-corrected chi connectivity index (χ4v) is 5.13. The molecule has 188 valence electrons. The van der Waals surface area contributed by atoms with Crippen LogP contribution in [0.5, 0.6) is 11.5 Å². The van der Waals surface area contributed by atoms with Gasteiger partial charge in [0.15, 0.2) is 5.75 Å². The van der Waals surface area contributed by atoms with E-state index in [-0.39, 0.29) is 36.1 Å². The highest BCUT2D eigenvalue weighted by molar-refractivity contribution is 8.24. The van der Waals surface area contributed by atoms with Crippen molar-refractivity contribution in [2.24, 2.45) is 11.7 Å². The number of esters is 1. The van der Waals surface area contributed by atoms with Crippen molar-refractivity contribution in [3.05, 3.63) is 53.6 Å². The van der Waals surface area contributed by atoms with Crippen LogP contribution < -0.4 is 23.7 Å². The molecule has 2 aromatic rings. The third-order valence-corrected chi connectivity index (χ3v) is 7.07. The molecule has 1 fully saturated rings. The molecule has 6 N–H and O–H groups in total. The number of carbonyl (C=O) groups excluding carboxylic acids is 1. The molecule has 34 heavy (non-hydrogen) atoms. The minimum Gasteiger partial charge on any atom is -0.423 e. The van der Waals surface area contributed by atoms with Gasteiger partial charge in [-0.05, 0) is 29.7 Å². The zero-order valence-electron chi connectivity index (χ0n) is 18.9. The molecule has 1 aliphatic heterocycles. The minimum atomic E-state index is -3.74. The number of aliphatic hydroxyl groups is 1. The van der Waals surface area contributed by atoms with Crippen LogP contribution in [0.4, 0.5) is 5.69 Å². The molecule has 11 nitrogen and oxygen atoms in total. The maximum atomic E-state index is 12.6. The van der Waals surface area contributed by atoms with E-state index in [4.69, 9.17) is 14.7 Å². The van der Waals surface area contributed by atoms with E-state index in [0.717, 1.165) is 10.6 Å². The quantitative estimate of drug-likeness (QED) is 0.197. The van der Waals surface area contributed by atoms with Crippen molar-refractivity contribution >= 4 is 32.7 Å². The van der Waals surface area contributed by atoms with E-state index in [2.05, 4.69) is 4.72 Å². The van der Waals surface area contributed by atoms with Gasteiger partial charge in [-0.3, -0.25) is 13.4 Å². The summed E-state index contributed by atoms with van der Waals surface area (Å²) in [4.78, 5) is 12.6. The third kappa shape index (κ3) is 6.39. The average molecular weight is 516 g/mol. The maximum Gasteiger partial charge on any atom is 0.328 e. The van der Waals surface area contributed by atoms with Crippen molar-refractivity contribution in [3.63, 3.8) is 0 Å². The van der Waals surface area contributed by atoms with Gasteiger partial charge < -0.3 is 19.8 Å². The number of ether oxygens (including phenoxy) is 1. The molecule has 2 aromatic carbocycles. The Morgan fingerprint density at radius 2 is 1.91 bits per heavy atom. The minimum absolute atomic E-state index is 0.0102. The summed E-state index contributed by atoms with van der Waals surface area (Å²) in [5, 5.41) is 9.86. The summed E-state index contributed by atoms with van der Waals surface area (Å²) in [7, 11) is -7.30. The summed E-state index contributed by atoms with van der Waals surface area (Å²) in [5.74, 6) is -0.736. The van der Waals surface area contributed by atoms with Gasteiger partial charge >= 0.3 is 16.1 Å². The summed E-state index contributed by atoms with van der Waals surface area (Å²) in [6, 6.07) is 10.4. The fourth-order valence-electron chi connectivity index (χ4n) is 3.30. The number of benzene rings is 2. The number of carbonyl (C=O) groups is 1. The molecule has 0 aliphatic carbocycles. The Balaban J connectivity index is 1.99. The molecule has 0 spiro atoms. The molecular weight excluding hydrogens is 486 g/mol. The average Bonchev–Trinajstić information content (AvgIpc) is 2.99. The topological polar surface area (TPSA) is 172 Å². The SMILES string of the molecule is CC(C)C(N)C(=O)Oc1cc(Cc2ccccc2OS(C)(=O)=O)ccc1N1CC(O)NS1(O)O. The van der Waals surface area contributed by atoms with Gasteiger partial charge in [0.1, 0.15) is 23.7 Å². The second kappa shape index (κ2) is 10.1. The smallest absolute Gasteiger partial charge is 0.328 e. The van der Waals surface area contributed by atoms with Crippen LogP contribution >= 0.6 is 11.0 Å². The zero-order chi connectivity index (χ0) is 25.3. The van der Waals surface area contributed by atoms with Crippen molar-refractivity contribution in [3.8, 4) is 11.5 Å². The van der Waals surface area contributed by atoms with E-state index in [9.17, 15) is 27.4 Å². The molecule has 0 aromatic heterocycles. The molecule has 1 saturated heterocycles. The number of aliphatic hydroxyl groups excluding tert-OH is 1. The molecule has 0 bridgehead atoms. The molecule has 13 heteroatoms. The van der Waals surface area contributed by atoms with E-state index >= 15 is 0 Å². The monoisotopic (exact) mass is 515 g/mol. The standard InChI is InChI=1S/C21H29N3O8S2/c1-13(2)20(22)21(26)31-18-11-14(8-9-16(18)24-12-19(25)23-34(24,29)30)10-15-6-4-5-7-17(15)32-33(3,27)28/h4-9,11,13,19-20,23,25,29-30H,10,12,22H2,1-3H3. The molecular formula is C21H29N3O8S2. The number of rotatable bonds is 8. The Kier molecular flexibility index (Phi) is 7.77. The summed E-state index contributed by atoms with van der Waals surface area (Å²) in [6.07, 6.45) is -0.0272.